The van der Waals surface area contributed by atoms with E-state index in [1.54, 1.807) is 24.3 Å². The maximum absolute atomic E-state index is 10.3. The monoisotopic (exact) mass is 190 g/mol. The summed E-state index contributed by atoms with van der Waals surface area (Å²) in [4.78, 5) is 10.3. The third-order valence-electron chi connectivity index (χ3n) is 1.83. The molecule has 0 saturated heterocycles. The topological polar surface area (TPSA) is 57.5 Å². The lowest BCUT2D eigenvalue weighted by Crippen LogP contribution is -2.21. The fraction of sp³-hybridized carbons (Fsp3) is 0.182. The largest absolute Gasteiger partial charge is 0.479 e. The summed E-state index contributed by atoms with van der Waals surface area (Å²) in [5.41, 5.74) is 1.48. The van der Waals surface area contributed by atoms with Crippen molar-refractivity contribution in [1.82, 2.24) is 0 Å². The van der Waals surface area contributed by atoms with Crippen molar-refractivity contribution in [3.63, 3.8) is 0 Å². The first-order valence-electron chi connectivity index (χ1n) is 4.10. The van der Waals surface area contributed by atoms with Crippen molar-refractivity contribution in [2.75, 3.05) is 0 Å². The Morgan fingerprint density at radius 3 is 2.43 bits per heavy atom. The van der Waals surface area contributed by atoms with Crippen molar-refractivity contribution in [2.45, 2.75) is 12.5 Å². The molecule has 0 bridgehead atoms. The molecule has 0 aliphatic heterocycles. The van der Waals surface area contributed by atoms with Crippen LogP contribution in [0.1, 0.15) is 11.1 Å². The Labute approximate surface area is 82.0 Å². The Bertz CT molecular complexity index is 359. The van der Waals surface area contributed by atoms with Crippen LogP contribution >= 0.6 is 0 Å². The van der Waals surface area contributed by atoms with Gasteiger partial charge in [0.1, 0.15) is 0 Å². The summed E-state index contributed by atoms with van der Waals surface area (Å²) >= 11 is 0. The van der Waals surface area contributed by atoms with Crippen molar-refractivity contribution in [3.05, 3.63) is 35.4 Å². The SMILES string of the molecule is C#Cc1ccc(CC(O)C(=O)O)cc1. The molecule has 1 aromatic carbocycles. The average Bonchev–Trinajstić information content (AvgIpc) is 2.19. The summed E-state index contributed by atoms with van der Waals surface area (Å²) in [6.45, 7) is 0. The lowest BCUT2D eigenvalue weighted by molar-refractivity contribution is -0.146. The lowest BCUT2D eigenvalue weighted by atomic mass is 10.1. The van der Waals surface area contributed by atoms with Crippen LogP contribution in [0.2, 0.25) is 0 Å². The lowest BCUT2D eigenvalue weighted by Gasteiger charge is -2.04. The second kappa shape index (κ2) is 4.45. The number of carbonyl (C=O) groups is 1. The highest BCUT2D eigenvalue weighted by Gasteiger charge is 2.12. The summed E-state index contributed by atoms with van der Waals surface area (Å²) in [6.07, 6.45) is 3.90. The molecule has 72 valence electrons. The van der Waals surface area contributed by atoms with Gasteiger partial charge in [0.05, 0.1) is 0 Å². The van der Waals surface area contributed by atoms with Crippen LogP contribution in [0, 0.1) is 12.3 Å². The molecular formula is C11H10O3. The molecule has 0 amide bonds. The number of terminal acetylenes is 1. The van der Waals surface area contributed by atoms with Crippen LogP contribution in [0.15, 0.2) is 24.3 Å². The van der Waals surface area contributed by atoms with E-state index in [2.05, 4.69) is 5.92 Å². The van der Waals surface area contributed by atoms with Crippen molar-refractivity contribution >= 4 is 5.97 Å². The van der Waals surface area contributed by atoms with E-state index in [1.165, 1.54) is 0 Å². The first-order chi connectivity index (χ1) is 6.63. The van der Waals surface area contributed by atoms with Gasteiger partial charge in [-0.2, -0.15) is 0 Å². The van der Waals surface area contributed by atoms with Crippen LogP contribution in [-0.2, 0) is 11.2 Å². The van der Waals surface area contributed by atoms with Gasteiger partial charge in [0.15, 0.2) is 6.10 Å². The number of hydrogen-bond acceptors (Lipinski definition) is 2. The summed E-state index contributed by atoms with van der Waals surface area (Å²) < 4.78 is 0. The minimum atomic E-state index is -1.35. The number of aliphatic carboxylic acids is 1. The number of rotatable bonds is 3. The molecule has 0 aliphatic carbocycles. The van der Waals surface area contributed by atoms with Crippen LogP contribution in [-0.4, -0.2) is 22.3 Å². The number of carboxylic acids is 1. The van der Waals surface area contributed by atoms with Crippen LogP contribution in [0.4, 0.5) is 0 Å². The minimum Gasteiger partial charge on any atom is -0.479 e. The first-order valence-corrected chi connectivity index (χ1v) is 4.10. The van der Waals surface area contributed by atoms with E-state index in [0.29, 0.717) is 0 Å². The van der Waals surface area contributed by atoms with Crippen molar-refractivity contribution in [2.24, 2.45) is 0 Å². The smallest absolute Gasteiger partial charge is 0.332 e. The summed E-state index contributed by atoms with van der Waals surface area (Å²) in [5.74, 6) is 1.23. The molecule has 0 spiro atoms. The van der Waals surface area contributed by atoms with Gasteiger partial charge in [0.25, 0.3) is 0 Å². The molecule has 1 rings (SSSR count). The van der Waals surface area contributed by atoms with Gasteiger partial charge in [0.2, 0.25) is 0 Å². The molecule has 1 unspecified atom stereocenters. The third-order valence-corrected chi connectivity index (χ3v) is 1.83. The fourth-order valence-electron chi connectivity index (χ4n) is 1.05. The van der Waals surface area contributed by atoms with Gasteiger partial charge in [-0.3, -0.25) is 0 Å². The van der Waals surface area contributed by atoms with Gasteiger partial charge in [-0.1, -0.05) is 18.1 Å². The fourth-order valence-corrected chi connectivity index (χ4v) is 1.05. The highest BCUT2D eigenvalue weighted by molar-refractivity contribution is 5.72. The third kappa shape index (κ3) is 2.61. The first kappa shape index (κ1) is 10.3. The summed E-state index contributed by atoms with van der Waals surface area (Å²) in [6, 6.07) is 6.84. The van der Waals surface area contributed by atoms with Crippen LogP contribution in [0.3, 0.4) is 0 Å². The maximum atomic E-state index is 10.3. The van der Waals surface area contributed by atoms with Crippen LogP contribution in [0.25, 0.3) is 0 Å². The zero-order chi connectivity index (χ0) is 10.6. The van der Waals surface area contributed by atoms with Gasteiger partial charge < -0.3 is 10.2 Å². The molecule has 14 heavy (non-hydrogen) atoms. The Kier molecular flexibility index (Phi) is 3.27. The zero-order valence-electron chi connectivity index (χ0n) is 7.47. The quantitative estimate of drug-likeness (QED) is 0.688. The highest BCUT2D eigenvalue weighted by atomic mass is 16.4. The predicted octanol–water partition coefficient (Wildman–Crippen LogP) is 0.656. The minimum absolute atomic E-state index is 0.0974. The van der Waals surface area contributed by atoms with Gasteiger partial charge in [0, 0.05) is 12.0 Å². The Hall–Kier alpha value is -1.79. The second-order valence-electron chi connectivity index (χ2n) is 2.90. The van der Waals surface area contributed by atoms with Gasteiger partial charge in [-0.25, -0.2) is 4.79 Å². The van der Waals surface area contributed by atoms with E-state index in [0.717, 1.165) is 11.1 Å². The average molecular weight is 190 g/mol. The number of aliphatic hydroxyl groups excluding tert-OH is 1. The van der Waals surface area contributed by atoms with E-state index in [-0.39, 0.29) is 6.42 Å². The molecule has 0 aromatic heterocycles. The molecule has 3 heteroatoms. The Morgan fingerprint density at radius 2 is 2.00 bits per heavy atom. The maximum Gasteiger partial charge on any atom is 0.332 e. The van der Waals surface area contributed by atoms with Gasteiger partial charge >= 0.3 is 5.97 Å². The zero-order valence-corrected chi connectivity index (χ0v) is 7.47. The van der Waals surface area contributed by atoms with Crippen molar-refractivity contribution < 1.29 is 15.0 Å². The number of carboxylic acid groups (broad SMARTS) is 1. The molecule has 0 radical (unpaired) electrons. The van der Waals surface area contributed by atoms with E-state index in [9.17, 15) is 4.79 Å². The second-order valence-corrected chi connectivity index (χ2v) is 2.90. The molecule has 0 aliphatic rings. The molecule has 1 atom stereocenters. The normalized spacial score (nSPS) is 11.7. The van der Waals surface area contributed by atoms with Crippen molar-refractivity contribution in [3.8, 4) is 12.3 Å². The molecular weight excluding hydrogens is 180 g/mol. The summed E-state index contributed by atoms with van der Waals surface area (Å²) in [7, 11) is 0. The molecule has 1 aromatic rings. The molecule has 0 saturated carbocycles. The van der Waals surface area contributed by atoms with Crippen molar-refractivity contribution in [1.29, 1.82) is 0 Å². The van der Waals surface area contributed by atoms with Crippen LogP contribution < -0.4 is 0 Å². The molecule has 0 fully saturated rings. The Morgan fingerprint density at radius 1 is 1.43 bits per heavy atom. The molecule has 0 heterocycles. The van der Waals surface area contributed by atoms with E-state index in [1.807, 2.05) is 0 Å². The number of aliphatic hydroxyl groups is 1. The number of benzene rings is 1. The van der Waals surface area contributed by atoms with Gasteiger partial charge in [-0.15, -0.1) is 6.42 Å². The highest BCUT2D eigenvalue weighted by Crippen LogP contribution is 2.06. The van der Waals surface area contributed by atoms with Gasteiger partial charge in [-0.05, 0) is 17.7 Å². The standard InChI is InChI=1S/C11H10O3/c1-2-8-3-5-9(6-4-8)7-10(12)11(13)14/h1,3-6,10,12H,7H2,(H,13,14). The van der Waals surface area contributed by atoms with E-state index in [4.69, 9.17) is 16.6 Å². The molecule has 3 nitrogen and oxygen atoms in total. The van der Waals surface area contributed by atoms with Crippen LogP contribution in [0.5, 0.6) is 0 Å². The van der Waals surface area contributed by atoms with E-state index >= 15 is 0 Å². The molecule has 2 N–H and O–H groups in total. The summed E-state index contributed by atoms with van der Waals surface area (Å²) in [5, 5.41) is 17.5. The number of hydrogen-bond donors (Lipinski definition) is 2. The predicted molar refractivity (Wildman–Crippen MR) is 51.7 cm³/mol. The Balaban J connectivity index is 2.70. The van der Waals surface area contributed by atoms with E-state index < -0.39 is 12.1 Å².